The molecule has 1 fully saturated rings. The first kappa shape index (κ1) is 15.4. The van der Waals surface area contributed by atoms with Crippen LogP contribution in [0.25, 0.3) is 0 Å². The number of hydrogen-bond donors (Lipinski definition) is 2. The maximum atomic E-state index is 12.1. The molecule has 1 saturated carbocycles. The second kappa shape index (κ2) is 6.19. The van der Waals surface area contributed by atoms with Crippen LogP contribution in [0.5, 0.6) is 0 Å². The third kappa shape index (κ3) is 3.56. The molecule has 1 aromatic rings. The molecule has 1 heterocycles. The van der Waals surface area contributed by atoms with Gasteiger partial charge in [0.15, 0.2) is 0 Å². The summed E-state index contributed by atoms with van der Waals surface area (Å²) in [7, 11) is 0. The Morgan fingerprint density at radius 3 is 2.71 bits per heavy atom. The second-order valence-corrected chi connectivity index (χ2v) is 5.09. The molecule has 116 valence electrons. The number of nitrogens with zero attached hydrogens (tertiary/aromatic N) is 3. The lowest BCUT2D eigenvalue weighted by molar-refractivity contribution is -0.387. The fraction of sp³-hybridized carbons (Fsp3) is 0.667. The number of aliphatic hydroxyl groups excluding tert-OH is 1. The van der Waals surface area contributed by atoms with Crippen LogP contribution in [0.15, 0.2) is 15.8 Å². The fourth-order valence-corrected chi connectivity index (χ4v) is 2.02. The largest absolute Gasteiger partial charge is 0.390 e. The maximum Gasteiger partial charge on any atom is 0.350 e. The lowest BCUT2D eigenvalue weighted by Crippen LogP contribution is -2.44. The number of rotatable bonds is 7. The number of aromatic nitrogens is 2. The number of aryl methyl sites for hydroxylation is 1. The minimum absolute atomic E-state index is 0.205. The topological polar surface area (TPSA) is 119 Å². The normalized spacial score (nSPS) is 15.9. The zero-order chi connectivity index (χ0) is 15.6. The Labute approximate surface area is 120 Å². The highest BCUT2D eigenvalue weighted by atomic mass is 16.6. The lowest BCUT2D eigenvalue weighted by atomic mass is 10.3. The molecule has 1 atom stereocenters. The van der Waals surface area contributed by atoms with Gasteiger partial charge in [0, 0.05) is 19.1 Å². The predicted molar refractivity (Wildman–Crippen MR) is 74.3 cm³/mol. The van der Waals surface area contributed by atoms with Crippen molar-refractivity contribution in [2.45, 2.75) is 45.0 Å². The van der Waals surface area contributed by atoms with Crippen LogP contribution in [-0.4, -0.2) is 37.9 Å². The Balaban J connectivity index is 2.27. The van der Waals surface area contributed by atoms with Crippen molar-refractivity contribution in [1.29, 1.82) is 0 Å². The quantitative estimate of drug-likeness (QED) is 0.495. The first-order chi connectivity index (χ1) is 9.93. The van der Waals surface area contributed by atoms with Gasteiger partial charge in [-0.3, -0.25) is 24.0 Å². The van der Waals surface area contributed by atoms with E-state index in [1.54, 1.807) is 6.92 Å². The van der Waals surface area contributed by atoms with Crippen molar-refractivity contribution >= 4 is 5.69 Å². The minimum atomic E-state index is -0.986. The summed E-state index contributed by atoms with van der Waals surface area (Å²) >= 11 is 0. The van der Waals surface area contributed by atoms with Crippen LogP contribution in [0.2, 0.25) is 0 Å². The standard InChI is InChI=1S/C12H18N4O5/c1-2-14-7-10(16(20)21)11(18)15(12(14)19)6-9(17)5-13-8-3-4-8/h7-9,13,17H,2-6H2,1H3. The first-order valence-electron chi connectivity index (χ1n) is 6.84. The third-order valence-corrected chi connectivity index (χ3v) is 3.37. The fourth-order valence-electron chi connectivity index (χ4n) is 2.02. The molecular weight excluding hydrogens is 280 g/mol. The average molecular weight is 298 g/mol. The molecule has 1 aliphatic rings. The van der Waals surface area contributed by atoms with E-state index >= 15 is 0 Å². The van der Waals surface area contributed by atoms with Crippen molar-refractivity contribution in [3.63, 3.8) is 0 Å². The highest BCUT2D eigenvalue weighted by Gasteiger charge is 2.23. The van der Waals surface area contributed by atoms with E-state index in [1.807, 2.05) is 0 Å². The summed E-state index contributed by atoms with van der Waals surface area (Å²) in [5.41, 5.74) is -2.31. The van der Waals surface area contributed by atoms with Crippen molar-refractivity contribution in [3.8, 4) is 0 Å². The maximum absolute atomic E-state index is 12.1. The van der Waals surface area contributed by atoms with Crippen molar-refractivity contribution in [2.75, 3.05) is 6.54 Å². The highest BCUT2D eigenvalue weighted by molar-refractivity contribution is 5.21. The van der Waals surface area contributed by atoms with Gasteiger partial charge in [0.1, 0.15) is 0 Å². The van der Waals surface area contributed by atoms with Crippen LogP contribution in [0.4, 0.5) is 5.69 Å². The molecule has 1 unspecified atom stereocenters. The zero-order valence-electron chi connectivity index (χ0n) is 11.7. The van der Waals surface area contributed by atoms with Gasteiger partial charge in [-0.25, -0.2) is 4.79 Å². The van der Waals surface area contributed by atoms with Crippen LogP contribution in [-0.2, 0) is 13.1 Å². The molecule has 0 aromatic carbocycles. The molecule has 0 radical (unpaired) electrons. The number of aliphatic hydroxyl groups is 1. The molecule has 21 heavy (non-hydrogen) atoms. The minimum Gasteiger partial charge on any atom is -0.390 e. The molecule has 2 rings (SSSR count). The van der Waals surface area contributed by atoms with Crippen LogP contribution >= 0.6 is 0 Å². The molecule has 2 N–H and O–H groups in total. The smallest absolute Gasteiger partial charge is 0.350 e. The second-order valence-electron chi connectivity index (χ2n) is 5.09. The van der Waals surface area contributed by atoms with E-state index < -0.39 is 28.0 Å². The van der Waals surface area contributed by atoms with E-state index in [1.165, 1.54) is 0 Å². The zero-order valence-corrected chi connectivity index (χ0v) is 11.7. The van der Waals surface area contributed by atoms with E-state index in [9.17, 15) is 24.8 Å². The molecule has 1 aliphatic carbocycles. The monoisotopic (exact) mass is 298 g/mol. The highest BCUT2D eigenvalue weighted by Crippen LogP contribution is 2.18. The first-order valence-corrected chi connectivity index (χ1v) is 6.84. The van der Waals surface area contributed by atoms with Crippen molar-refractivity contribution < 1.29 is 10.0 Å². The van der Waals surface area contributed by atoms with Gasteiger partial charge in [-0.15, -0.1) is 0 Å². The molecule has 0 spiro atoms. The SMILES string of the molecule is CCn1cc([N+](=O)[O-])c(=O)n(CC(O)CNC2CC2)c1=O. The van der Waals surface area contributed by atoms with Gasteiger partial charge >= 0.3 is 16.9 Å². The van der Waals surface area contributed by atoms with E-state index in [2.05, 4.69) is 5.32 Å². The van der Waals surface area contributed by atoms with Crippen molar-refractivity contribution in [3.05, 3.63) is 37.1 Å². The molecule has 1 aromatic heterocycles. The Morgan fingerprint density at radius 2 is 2.19 bits per heavy atom. The molecule has 9 nitrogen and oxygen atoms in total. The Hall–Kier alpha value is -2.00. The van der Waals surface area contributed by atoms with Crippen molar-refractivity contribution in [1.82, 2.24) is 14.5 Å². The summed E-state index contributed by atoms with van der Waals surface area (Å²) in [6, 6.07) is 0.383. The molecular formula is C12H18N4O5. The number of hydrogen-bond acceptors (Lipinski definition) is 6. The van der Waals surface area contributed by atoms with Gasteiger partial charge in [0.2, 0.25) is 0 Å². The summed E-state index contributed by atoms with van der Waals surface area (Å²) in [5.74, 6) is 0. The third-order valence-electron chi connectivity index (χ3n) is 3.37. The van der Waals surface area contributed by atoms with E-state index in [0.29, 0.717) is 6.04 Å². The molecule has 0 amide bonds. The predicted octanol–water partition coefficient (Wildman–Crippen LogP) is -0.949. The summed E-state index contributed by atoms with van der Waals surface area (Å²) < 4.78 is 1.81. The van der Waals surface area contributed by atoms with Gasteiger partial charge in [-0.05, 0) is 19.8 Å². The van der Waals surface area contributed by atoms with Gasteiger partial charge in [-0.1, -0.05) is 0 Å². The summed E-state index contributed by atoms with van der Waals surface area (Å²) in [6.45, 7) is 1.83. The molecule has 0 aliphatic heterocycles. The van der Waals surface area contributed by atoms with Crippen LogP contribution in [0, 0.1) is 10.1 Å². The number of nitrogens with one attached hydrogen (secondary N) is 1. The van der Waals surface area contributed by atoms with Crippen LogP contribution < -0.4 is 16.6 Å². The van der Waals surface area contributed by atoms with Crippen molar-refractivity contribution in [2.24, 2.45) is 0 Å². The molecule has 0 bridgehead atoms. The van der Waals surface area contributed by atoms with Gasteiger partial charge in [0.25, 0.3) is 0 Å². The average Bonchev–Trinajstić information content (AvgIpc) is 3.25. The van der Waals surface area contributed by atoms with Gasteiger partial charge in [-0.2, -0.15) is 0 Å². The lowest BCUT2D eigenvalue weighted by Gasteiger charge is -2.14. The summed E-state index contributed by atoms with van der Waals surface area (Å²) in [4.78, 5) is 34.1. The van der Waals surface area contributed by atoms with E-state index in [-0.39, 0.29) is 19.6 Å². The Morgan fingerprint density at radius 1 is 1.52 bits per heavy atom. The summed E-state index contributed by atoms with van der Waals surface area (Å²) in [5, 5.41) is 23.8. The Bertz CT molecular complexity index is 646. The van der Waals surface area contributed by atoms with E-state index in [4.69, 9.17) is 0 Å². The summed E-state index contributed by atoms with van der Waals surface area (Å²) in [6.07, 6.45) is 2.08. The van der Waals surface area contributed by atoms with Crippen LogP contribution in [0.1, 0.15) is 19.8 Å². The van der Waals surface area contributed by atoms with Crippen LogP contribution in [0.3, 0.4) is 0 Å². The Kier molecular flexibility index (Phi) is 4.53. The van der Waals surface area contributed by atoms with Gasteiger partial charge in [0.05, 0.1) is 23.8 Å². The molecule has 0 saturated heterocycles. The molecule has 9 heteroatoms. The number of nitro groups is 1. The van der Waals surface area contributed by atoms with Gasteiger partial charge < -0.3 is 10.4 Å². The van der Waals surface area contributed by atoms with E-state index in [0.717, 1.165) is 28.2 Å².